The first-order valence-electron chi connectivity index (χ1n) is 31.9. The molecule has 0 saturated heterocycles. The Morgan fingerprint density at radius 3 is 0.838 bits per heavy atom. The van der Waals surface area contributed by atoms with E-state index >= 15 is 0 Å². The van der Waals surface area contributed by atoms with E-state index in [9.17, 15) is 14.4 Å². The molecule has 1 unspecified atom stereocenters. The first-order chi connectivity index (χ1) is 36.5. The van der Waals surface area contributed by atoms with Gasteiger partial charge >= 0.3 is 17.9 Å². The van der Waals surface area contributed by atoms with E-state index in [1.54, 1.807) is 0 Å². The van der Waals surface area contributed by atoms with Gasteiger partial charge in [0.05, 0.1) is 0 Å². The number of unbranched alkanes of at least 4 members (excludes halogenated alkanes) is 35. The first kappa shape index (κ1) is 70.8. The van der Waals surface area contributed by atoms with Gasteiger partial charge in [0.1, 0.15) is 13.2 Å². The Labute approximate surface area is 459 Å². The Kier molecular flexibility index (Phi) is 59.7. The fraction of sp³-hybridized carbons (Fsp3) is 0.779. The van der Waals surface area contributed by atoms with Gasteiger partial charge in [0.25, 0.3) is 0 Å². The normalized spacial score (nSPS) is 12.5. The van der Waals surface area contributed by atoms with Gasteiger partial charge in [-0.2, -0.15) is 0 Å². The van der Waals surface area contributed by atoms with Crippen molar-refractivity contribution < 1.29 is 28.6 Å². The summed E-state index contributed by atoms with van der Waals surface area (Å²) < 4.78 is 16.9. The van der Waals surface area contributed by atoms with Gasteiger partial charge in [-0.05, 0) is 89.9 Å². The van der Waals surface area contributed by atoms with Crippen molar-refractivity contribution in [2.24, 2.45) is 0 Å². The van der Waals surface area contributed by atoms with Crippen LogP contribution in [0.2, 0.25) is 0 Å². The lowest BCUT2D eigenvalue weighted by Crippen LogP contribution is -2.30. The number of allylic oxidation sites excluding steroid dienone is 12. The number of hydrogen-bond donors (Lipinski definition) is 0. The summed E-state index contributed by atoms with van der Waals surface area (Å²) >= 11 is 0. The Balaban J connectivity index is 4.25. The minimum absolute atomic E-state index is 0.0771. The fourth-order valence-corrected chi connectivity index (χ4v) is 9.17. The minimum Gasteiger partial charge on any atom is -0.462 e. The summed E-state index contributed by atoms with van der Waals surface area (Å²) in [6, 6.07) is 0. The molecule has 6 heteroatoms. The molecule has 0 aliphatic carbocycles. The number of ether oxygens (including phenoxy) is 3. The van der Waals surface area contributed by atoms with Crippen molar-refractivity contribution >= 4 is 17.9 Å². The SMILES string of the molecule is CC/C=C\C/C=C\C/C=C\C/C=C\CCCCCCCCCCCCCCCCC(=O)OCC(COC(=O)CCCCCCCCCCCCCCC)OC(=O)CCCCCCC/C=C\C/C=C\CCCCCC. The molecular formula is C68H120O6. The lowest BCUT2D eigenvalue weighted by molar-refractivity contribution is -0.167. The molecule has 1 atom stereocenters. The lowest BCUT2D eigenvalue weighted by Gasteiger charge is -2.18. The van der Waals surface area contributed by atoms with Gasteiger partial charge in [0.15, 0.2) is 6.10 Å². The summed E-state index contributed by atoms with van der Waals surface area (Å²) in [6.45, 7) is 6.53. The van der Waals surface area contributed by atoms with E-state index in [-0.39, 0.29) is 31.1 Å². The van der Waals surface area contributed by atoms with E-state index in [0.29, 0.717) is 19.3 Å². The Bertz CT molecular complexity index is 1370. The topological polar surface area (TPSA) is 78.9 Å². The summed E-state index contributed by atoms with van der Waals surface area (Å²) in [5, 5.41) is 0. The predicted molar refractivity (Wildman–Crippen MR) is 321 cm³/mol. The highest BCUT2D eigenvalue weighted by molar-refractivity contribution is 5.71. The van der Waals surface area contributed by atoms with E-state index < -0.39 is 6.10 Å². The first-order valence-corrected chi connectivity index (χ1v) is 31.9. The van der Waals surface area contributed by atoms with Gasteiger partial charge in [-0.1, -0.05) is 286 Å². The molecule has 0 aromatic rings. The van der Waals surface area contributed by atoms with Crippen molar-refractivity contribution in [2.45, 2.75) is 329 Å². The van der Waals surface area contributed by atoms with Crippen LogP contribution in [0.1, 0.15) is 323 Å². The van der Waals surface area contributed by atoms with Crippen molar-refractivity contribution in [2.75, 3.05) is 13.2 Å². The van der Waals surface area contributed by atoms with Gasteiger partial charge in [0, 0.05) is 19.3 Å². The number of carbonyl (C=O) groups is 3. The number of rotatable bonds is 58. The molecule has 0 heterocycles. The van der Waals surface area contributed by atoms with Gasteiger partial charge in [-0.3, -0.25) is 14.4 Å². The van der Waals surface area contributed by atoms with E-state index in [1.807, 2.05) is 0 Å². The monoisotopic (exact) mass is 1030 g/mol. The van der Waals surface area contributed by atoms with E-state index in [1.165, 1.54) is 173 Å². The molecule has 0 fully saturated rings. The molecule has 0 saturated carbocycles. The second-order valence-corrected chi connectivity index (χ2v) is 21.3. The third kappa shape index (κ3) is 59.7. The summed E-state index contributed by atoms with van der Waals surface area (Å²) in [5.74, 6) is -0.876. The number of carbonyl (C=O) groups excluding carboxylic acids is 3. The van der Waals surface area contributed by atoms with Crippen LogP contribution in [-0.4, -0.2) is 37.2 Å². The molecule has 0 aliphatic heterocycles. The van der Waals surface area contributed by atoms with Crippen LogP contribution < -0.4 is 0 Å². The van der Waals surface area contributed by atoms with Crippen molar-refractivity contribution in [3.8, 4) is 0 Å². The summed E-state index contributed by atoms with van der Waals surface area (Å²) in [7, 11) is 0. The second kappa shape index (κ2) is 62.4. The average molecular weight is 1030 g/mol. The van der Waals surface area contributed by atoms with Gasteiger partial charge in [0.2, 0.25) is 0 Å². The zero-order valence-corrected chi connectivity index (χ0v) is 49.1. The van der Waals surface area contributed by atoms with Crippen LogP contribution in [0.5, 0.6) is 0 Å². The highest BCUT2D eigenvalue weighted by Crippen LogP contribution is 2.17. The lowest BCUT2D eigenvalue weighted by atomic mass is 10.0. The maximum absolute atomic E-state index is 12.9. The summed E-state index contributed by atoms with van der Waals surface area (Å²) in [4.78, 5) is 38.3. The van der Waals surface area contributed by atoms with Crippen LogP contribution >= 0.6 is 0 Å². The number of hydrogen-bond acceptors (Lipinski definition) is 6. The maximum atomic E-state index is 12.9. The third-order valence-electron chi connectivity index (χ3n) is 13.9. The van der Waals surface area contributed by atoms with Gasteiger partial charge in [-0.25, -0.2) is 0 Å². The minimum atomic E-state index is -0.781. The summed E-state index contributed by atoms with van der Waals surface area (Å²) in [5.41, 5.74) is 0. The Hall–Kier alpha value is -3.15. The van der Waals surface area contributed by atoms with Crippen LogP contribution in [0, 0.1) is 0 Å². The Morgan fingerprint density at radius 2 is 0.527 bits per heavy atom. The standard InChI is InChI=1S/C68H120O6/c1-4-7-10-13-16-19-22-25-27-29-30-31-32-33-34-35-36-37-38-39-41-43-46-49-52-55-58-61-67(70)73-64-65(63-72-66(69)60-57-54-51-48-45-42-24-21-18-15-12-9-6-3)74-68(71)62-59-56-53-50-47-44-40-28-26-23-20-17-14-11-8-5-2/h7,10,16,19-20,23,25,27-28,30-31,40,65H,4-6,8-9,11-15,17-18,21-22,24,26,29,32-39,41-64H2,1-3H3/b10-7-,19-16-,23-20-,27-25-,31-30-,40-28-. The van der Waals surface area contributed by atoms with Crippen LogP contribution in [0.15, 0.2) is 72.9 Å². The molecule has 6 nitrogen and oxygen atoms in total. The molecule has 74 heavy (non-hydrogen) atoms. The van der Waals surface area contributed by atoms with E-state index in [4.69, 9.17) is 14.2 Å². The second-order valence-electron chi connectivity index (χ2n) is 21.3. The molecule has 0 aromatic heterocycles. The highest BCUT2D eigenvalue weighted by atomic mass is 16.6. The largest absolute Gasteiger partial charge is 0.462 e. The van der Waals surface area contributed by atoms with Crippen LogP contribution in [-0.2, 0) is 28.6 Å². The van der Waals surface area contributed by atoms with Crippen molar-refractivity contribution in [1.82, 2.24) is 0 Å². The molecule has 0 spiro atoms. The molecule has 0 bridgehead atoms. The summed E-state index contributed by atoms with van der Waals surface area (Å²) in [6.07, 6.45) is 80.5. The Morgan fingerprint density at radius 1 is 0.284 bits per heavy atom. The maximum Gasteiger partial charge on any atom is 0.306 e. The molecule has 0 aromatic carbocycles. The number of esters is 3. The molecule has 0 radical (unpaired) electrons. The predicted octanol–water partition coefficient (Wildman–Crippen LogP) is 21.7. The van der Waals surface area contributed by atoms with Gasteiger partial charge in [-0.15, -0.1) is 0 Å². The van der Waals surface area contributed by atoms with Crippen molar-refractivity contribution in [1.29, 1.82) is 0 Å². The molecule has 0 aliphatic rings. The van der Waals surface area contributed by atoms with Crippen molar-refractivity contribution in [3.05, 3.63) is 72.9 Å². The molecule has 0 rings (SSSR count). The fourth-order valence-electron chi connectivity index (χ4n) is 9.17. The van der Waals surface area contributed by atoms with E-state index in [0.717, 1.165) is 109 Å². The molecular weight excluding hydrogens is 913 g/mol. The zero-order valence-electron chi connectivity index (χ0n) is 49.1. The molecule has 428 valence electrons. The van der Waals surface area contributed by atoms with Gasteiger partial charge < -0.3 is 14.2 Å². The van der Waals surface area contributed by atoms with Crippen LogP contribution in [0.3, 0.4) is 0 Å². The third-order valence-corrected chi connectivity index (χ3v) is 13.9. The van der Waals surface area contributed by atoms with Crippen LogP contribution in [0.25, 0.3) is 0 Å². The zero-order chi connectivity index (χ0) is 53.6. The average Bonchev–Trinajstić information content (AvgIpc) is 3.40. The van der Waals surface area contributed by atoms with Crippen LogP contribution in [0.4, 0.5) is 0 Å². The molecule has 0 amide bonds. The quantitative estimate of drug-likeness (QED) is 0.0261. The van der Waals surface area contributed by atoms with Crippen molar-refractivity contribution in [3.63, 3.8) is 0 Å². The van der Waals surface area contributed by atoms with E-state index in [2.05, 4.69) is 93.7 Å². The smallest absolute Gasteiger partial charge is 0.306 e. The highest BCUT2D eigenvalue weighted by Gasteiger charge is 2.19. The molecule has 0 N–H and O–H groups in total.